The molecule has 0 radical (unpaired) electrons. The molecule has 1 aromatic carbocycles. The average Bonchev–Trinajstić information content (AvgIpc) is 3.28. The van der Waals surface area contributed by atoms with Crippen LogP contribution in [0.1, 0.15) is 24.8 Å². The molecular formula is C19H24FN5O. The van der Waals surface area contributed by atoms with Crippen molar-refractivity contribution in [2.24, 2.45) is 5.41 Å². The Kier molecular flexibility index (Phi) is 4.72. The third kappa shape index (κ3) is 3.62. The van der Waals surface area contributed by atoms with Crippen LogP contribution in [0.5, 0.6) is 0 Å². The lowest BCUT2D eigenvalue weighted by Crippen LogP contribution is -2.45. The highest BCUT2D eigenvalue weighted by atomic mass is 19.1. The van der Waals surface area contributed by atoms with Gasteiger partial charge >= 0.3 is 0 Å². The van der Waals surface area contributed by atoms with Crippen LogP contribution in [-0.2, 0) is 17.9 Å². The Morgan fingerprint density at radius 3 is 2.88 bits per heavy atom. The molecule has 1 spiro atoms. The van der Waals surface area contributed by atoms with Crippen LogP contribution in [0.2, 0.25) is 0 Å². The summed E-state index contributed by atoms with van der Waals surface area (Å²) < 4.78 is 15.5. The van der Waals surface area contributed by atoms with Crippen molar-refractivity contribution in [1.82, 2.24) is 24.6 Å². The second-order valence-electron chi connectivity index (χ2n) is 7.56. The average molecular weight is 357 g/mol. The van der Waals surface area contributed by atoms with E-state index < -0.39 is 0 Å². The van der Waals surface area contributed by atoms with Crippen molar-refractivity contribution in [3.8, 4) is 0 Å². The lowest BCUT2D eigenvalue weighted by Gasteiger charge is -2.40. The van der Waals surface area contributed by atoms with Crippen molar-refractivity contribution in [3.05, 3.63) is 48.3 Å². The van der Waals surface area contributed by atoms with Crippen molar-refractivity contribution in [2.75, 3.05) is 26.2 Å². The number of hydrogen-bond donors (Lipinski definition) is 0. The number of carbonyl (C=O) groups is 1. The number of likely N-dealkylation sites (tertiary alicyclic amines) is 2. The van der Waals surface area contributed by atoms with E-state index in [-0.39, 0.29) is 23.7 Å². The molecule has 3 heterocycles. The van der Waals surface area contributed by atoms with Crippen molar-refractivity contribution in [3.63, 3.8) is 0 Å². The molecule has 4 rings (SSSR count). The third-order valence-electron chi connectivity index (χ3n) is 5.65. The molecule has 0 unspecified atom stereocenters. The van der Waals surface area contributed by atoms with Gasteiger partial charge in [0.1, 0.15) is 25.0 Å². The first-order valence-corrected chi connectivity index (χ1v) is 9.20. The quantitative estimate of drug-likeness (QED) is 0.839. The third-order valence-corrected chi connectivity index (χ3v) is 5.65. The van der Waals surface area contributed by atoms with Crippen LogP contribution in [0, 0.1) is 11.2 Å². The van der Waals surface area contributed by atoms with E-state index in [1.807, 2.05) is 17.0 Å². The Labute approximate surface area is 152 Å². The summed E-state index contributed by atoms with van der Waals surface area (Å²) in [6.07, 6.45) is 6.26. The van der Waals surface area contributed by atoms with Crippen molar-refractivity contribution in [2.45, 2.75) is 32.4 Å². The number of nitrogens with zero attached hydrogens (tertiary/aromatic N) is 5. The lowest BCUT2D eigenvalue weighted by atomic mass is 9.79. The molecule has 2 aliphatic rings. The lowest BCUT2D eigenvalue weighted by molar-refractivity contribution is -0.131. The van der Waals surface area contributed by atoms with Crippen LogP contribution < -0.4 is 0 Å². The summed E-state index contributed by atoms with van der Waals surface area (Å²) >= 11 is 0. The highest BCUT2D eigenvalue weighted by Gasteiger charge is 2.42. The van der Waals surface area contributed by atoms with Gasteiger partial charge in [-0.3, -0.25) is 9.69 Å². The molecule has 6 nitrogen and oxygen atoms in total. The van der Waals surface area contributed by atoms with Crippen LogP contribution in [0.3, 0.4) is 0 Å². The molecule has 26 heavy (non-hydrogen) atoms. The van der Waals surface area contributed by atoms with Crippen LogP contribution >= 0.6 is 0 Å². The van der Waals surface area contributed by atoms with Gasteiger partial charge in [-0.05, 0) is 31.9 Å². The number of rotatable bonds is 4. The Balaban J connectivity index is 1.38. The summed E-state index contributed by atoms with van der Waals surface area (Å²) in [6.45, 7) is 4.38. The van der Waals surface area contributed by atoms with E-state index in [0.717, 1.165) is 51.0 Å². The topological polar surface area (TPSA) is 54.3 Å². The van der Waals surface area contributed by atoms with E-state index in [9.17, 15) is 9.18 Å². The summed E-state index contributed by atoms with van der Waals surface area (Å²) in [7, 11) is 0. The number of hydrogen-bond acceptors (Lipinski definition) is 4. The Morgan fingerprint density at radius 2 is 2.08 bits per heavy atom. The number of amides is 1. The van der Waals surface area contributed by atoms with E-state index in [2.05, 4.69) is 15.0 Å². The molecule has 138 valence electrons. The number of aromatic nitrogens is 3. The smallest absolute Gasteiger partial charge is 0.244 e. The van der Waals surface area contributed by atoms with E-state index in [1.54, 1.807) is 17.1 Å². The molecule has 2 aliphatic heterocycles. The fourth-order valence-corrected chi connectivity index (χ4v) is 4.35. The molecule has 0 bridgehead atoms. The first-order valence-electron chi connectivity index (χ1n) is 9.20. The molecule has 2 saturated heterocycles. The molecule has 1 aromatic heterocycles. The zero-order valence-electron chi connectivity index (χ0n) is 14.9. The minimum absolute atomic E-state index is 0.0959. The van der Waals surface area contributed by atoms with Gasteiger partial charge in [0.05, 0.1) is 0 Å². The summed E-state index contributed by atoms with van der Waals surface area (Å²) in [5.74, 6) is -0.0400. The highest BCUT2D eigenvalue weighted by molar-refractivity contribution is 5.76. The molecule has 0 N–H and O–H groups in total. The summed E-state index contributed by atoms with van der Waals surface area (Å²) in [5, 5.41) is 4.01. The summed E-state index contributed by atoms with van der Waals surface area (Å²) in [5.41, 5.74) is 0.892. The maximum atomic E-state index is 14.0. The Bertz CT molecular complexity index is 765. The number of benzene rings is 1. The van der Waals surface area contributed by atoms with Gasteiger partial charge in [-0.2, -0.15) is 5.10 Å². The number of carbonyl (C=O) groups excluding carboxylic acids is 1. The van der Waals surface area contributed by atoms with Gasteiger partial charge in [0.25, 0.3) is 0 Å². The van der Waals surface area contributed by atoms with E-state index in [1.165, 1.54) is 12.4 Å². The zero-order chi connectivity index (χ0) is 18.0. The van der Waals surface area contributed by atoms with Gasteiger partial charge in [-0.1, -0.05) is 18.2 Å². The second kappa shape index (κ2) is 7.15. The predicted octanol–water partition coefficient (Wildman–Crippen LogP) is 1.93. The van der Waals surface area contributed by atoms with Crippen molar-refractivity contribution in [1.29, 1.82) is 0 Å². The molecule has 1 amide bonds. The second-order valence-corrected chi connectivity index (χ2v) is 7.56. The minimum atomic E-state index is -0.136. The summed E-state index contributed by atoms with van der Waals surface area (Å²) in [6, 6.07) is 7.00. The fourth-order valence-electron chi connectivity index (χ4n) is 4.35. The first-order chi connectivity index (χ1) is 12.6. The summed E-state index contributed by atoms with van der Waals surface area (Å²) in [4.78, 5) is 20.7. The zero-order valence-corrected chi connectivity index (χ0v) is 14.9. The molecule has 2 fully saturated rings. The van der Waals surface area contributed by atoms with Gasteiger partial charge < -0.3 is 4.90 Å². The van der Waals surface area contributed by atoms with Gasteiger partial charge in [0.15, 0.2) is 0 Å². The van der Waals surface area contributed by atoms with Gasteiger partial charge in [0.2, 0.25) is 5.91 Å². The van der Waals surface area contributed by atoms with Crippen LogP contribution in [-0.4, -0.2) is 56.7 Å². The first kappa shape index (κ1) is 17.1. The standard InChI is InChI=1S/C19H24FN5O/c20-17-5-2-1-4-16(17)10-23-8-3-6-19(12-23)7-9-24(13-19)18(26)11-25-15-21-14-22-25/h1-2,4-5,14-15H,3,6-13H2/t19-/m0/s1. The molecule has 0 aliphatic carbocycles. The van der Waals surface area contributed by atoms with E-state index in [0.29, 0.717) is 6.54 Å². The number of piperidine rings is 1. The van der Waals surface area contributed by atoms with E-state index >= 15 is 0 Å². The molecule has 7 heteroatoms. The van der Waals surface area contributed by atoms with Crippen molar-refractivity contribution < 1.29 is 9.18 Å². The SMILES string of the molecule is O=C(Cn1cncn1)N1CC[C@]2(CCCN(Cc3ccccc3F)C2)C1. The molecule has 2 aromatic rings. The highest BCUT2D eigenvalue weighted by Crippen LogP contribution is 2.39. The van der Waals surface area contributed by atoms with Crippen LogP contribution in [0.4, 0.5) is 4.39 Å². The largest absolute Gasteiger partial charge is 0.340 e. The molecule has 1 atom stereocenters. The maximum absolute atomic E-state index is 14.0. The van der Waals surface area contributed by atoms with E-state index in [4.69, 9.17) is 0 Å². The van der Waals surface area contributed by atoms with Gasteiger partial charge in [-0.15, -0.1) is 0 Å². The maximum Gasteiger partial charge on any atom is 0.244 e. The number of halogens is 1. The predicted molar refractivity (Wildman–Crippen MR) is 94.6 cm³/mol. The fraction of sp³-hybridized carbons (Fsp3) is 0.526. The Hall–Kier alpha value is -2.28. The monoisotopic (exact) mass is 357 g/mol. The van der Waals surface area contributed by atoms with Gasteiger partial charge in [-0.25, -0.2) is 14.1 Å². The normalized spacial score (nSPS) is 23.7. The Morgan fingerprint density at radius 1 is 1.19 bits per heavy atom. The van der Waals surface area contributed by atoms with Crippen LogP contribution in [0.25, 0.3) is 0 Å². The molecule has 0 saturated carbocycles. The minimum Gasteiger partial charge on any atom is -0.340 e. The van der Waals surface area contributed by atoms with Gasteiger partial charge in [0, 0.05) is 37.2 Å². The van der Waals surface area contributed by atoms with Crippen molar-refractivity contribution >= 4 is 5.91 Å². The van der Waals surface area contributed by atoms with Crippen LogP contribution in [0.15, 0.2) is 36.9 Å². The molecular weight excluding hydrogens is 333 g/mol.